The summed E-state index contributed by atoms with van der Waals surface area (Å²) >= 11 is 0. The number of hydrogen-bond donors (Lipinski definition) is 0. The fraction of sp³-hybridized carbons (Fsp3) is 0.188. The Hall–Kier alpha value is -2.14. The van der Waals surface area contributed by atoms with Crippen molar-refractivity contribution >= 4 is 16.2 Å². The van der Waals surface area contributed by atoms with Gasteiger partial charge in [0.1, 0.15) is 0 Å². The molecule has 1 aliphatic heterocycles. The molecule has 0 bridgehead atoms. The molecule has 21 heavy (non-hydrogen) atoms. The van der Waals surface area contributed by atoms with Crippen molar-refractivity contribution in [3.8, 4) is 0 Å². The summed E-state index contributed by atoms with van der Waals surface area (Å²) in [5.41, 5.74) is 1.82. The lowest BCUT2D eigenvalue weighted by atomic mass is 10.1. The maximum atomic E-state index is 12.7. The van der Waals surface area contributed by atoms with Gasteiger partial charge >= 0.3 is 0 Å². The van der Waals surface area contributed by atoms with Crippen molar-refractivity contribution in [3.63, 3.8) is 0 Å². The first-order valence-corrected chi connectivity index (χ1v) is 8.16. The lowest BCUT2D eigenvalue weighted by Crippen LogP contribution is -2.24. The second kappa shape index (κ2) is 5.33. The number of ether oxygens (including phenoxy) is 1. The molecule has 4 nitrogen and oxygen atoms in total. The Bertz CT molecular complexity index is 752. The van der Waals surface area contributed by atoms with Gasteiger partial charge in [0.2, 0.25) is 9.84 Å². The molecular weight excluding hydrogens is 286 g/mol. The van der Waals surface area contributed by atoms with E-state index in [-0.39, 0.29) is 4.90 Å². The second-order valence-electron chi connectivity index (χ2n) is 4.97. The minimum absolute atomic E-state index is 0.265. The Kier molecular flexibility index (Phi) is 3.51. The monoisotopic (exact) mass is 301 g/mol. The molecule has 0 radical (unpaired) electrons. The van der Waals surface area contributed by atoms with Gasteiger partial charge in [0.05, 0.1) is 4.90 Å². The molecule has 0 N–H and O–H groups in total. The Morgan fingerprint density at radius 3 is 2.33 bits per heavy atom. The topological polar surface area (TPSA) is 55.7 Å². The first kappa shape index (κ1) is 13.8. The summed E-state index contributed by atoms with van der Waals surface area (Å²) in [4.78, 5) is 4.29. The second-order valence-corrected chi connectivity index (χ2v) is 7.01. The van der Waals surface area contributed by atoms with E-state index in [4.69, 9.17) is 4.74 Å². The van der Waals surface area contributed by atoms with Gasteiger partial charge in [-0.05, 0) is 24.6 Å². The van der Waals surface area contributed by atoms with Gasteiger partial charge in [0, 0.05) is 0 Å². The summed E-state index contributed by atoms with van der Waals surface area (Å²) in [6.07, 6.45) is 0.631. The van der Waals surface area contributed by atoms with Crippen LogP contribution < -0.4 is 0 Å². The highest BCUT2D eigenvalue weighted by atomic mass is 32.2. The van der Waals surface area contributed by atoms with Crippen LogP contribution in [0.15, 0.2) is 64.5 Å². The third-order valence-electron chi connectivity index (χ3n) is 3.47. The molecule has 0 saturated carbocycles. The number of benzene rings is 2. The molecule has 0 fully saturated rings. The maximum absolute atomic E-state index is 12.7. The third kappa shape index (κ3) is 2.56. The maximum Gasteiger partial charge on any atom is 0.205 e. The third-order valence-corrected chi connectivity index (χ3v) is 5.40. The molecule has 0 amide bonds. The van der Waals surface area contributed by atoms with Crippen LogP contribution in [0.3, 0.4) is 0 Å². The standard InChI is InChI=1S/C16H15NO3S/c1-12-7-9-14(10-8-12)21(18,19)16-15(20-11-17-16)13-5-3-2-4-6-13/h2-11,15-16H,1H3/t15-,16-/m1/s1. The molecule has 0 saturated heterocycles. The molecule has 0 aromatic heterocycles. The van der Waals surface area contributed by atoms with Crippen molar-refractivity contribution in [3.05, 3.63) is 65.7 Å². The molecular formula is C16H15NO3S. The van der Waals surface area contributed by atoms with Crippen molar-refractivity contribution < 1.29 is 13.2 Å². The zero-order valence-corrected chi connectivity index (χ0v) is 12.3. The van der Waals surface area contributed by atoms with Gasteiger partial charge in [-0.1, -0.05) is 48.0 Å². The van der Waals surface area contributed by atoms with Crippen molar-refractivity contribution in [2.45, 2.75) is 23.3 Å². The van der Waals surface area contributed by atoms with E-state index in [9.17, 15) is 8.42 Å². The molecule has 5 heteroatoms. The van der Waals surface area contributed by atoms with Crippen LogP contribution in [-0.2, 0) is 14.6 Å². The highest BCUT2D eigenvalue weighted by Crippen LogP contribution is 2.33. The number of nitrogens with zero attached hydrogens (tertiary/aromatic N) is 1. The van der Waals surface area contributed by atoms with E-state index in [1.54, 1.807) is 24.3 Å². The predicted octanol–water partition coefficient (Wildman–Crippen LogP) is 2.89. The molecule has 1 aliphatic rings. The van der Waals surface area contributed by atoms with Gasteiger partial charge in [0.25, 0.3) is 0 Å². The molecule has 2 atom stereocenters. The zero-order chi connectivity index (χ0) is 14.9. The quantitative estimate of drug-likeness (QED) is 0.876. The molecule has 2 aromatic rings. The lowest BCUT2D eigenvalue weighted by Gasteiger charge is -2.18. The summed E-state index contributed by atoms with van der Waals surface area (Å²) in [5, 5.41) is -0.942. The van der Waals surface area contributed by atoms with Crippen molar-refractivity contribution in [2.24, 2.45) is 4.99 Å². The van der Waals surface area contributed by atoms with E-state index in [2.05, 4.69) is 4.99 Å². The number of rotatable bonds is 3. The first-order valence-electron chi connectivity index (χ1n) is 6.62. The van der Waals surface area contributed by atoms with Gasteiger partial charge in [-0.25, -0.2) is 13.4 Å². The number of aliphatic imine (C=N–C) groups is 1. The van der Waals surface area contributed by atoms with Crippen LogP contribution in [0.4, 0.5) is 0 Å². The number of hydrogen-bond acceptors (Lipinski definition) is 4. The van der Waals surface area contributed by atoms with Crippen LogP contribution in [0.25, 0.3) is 0 Å². The van der Waals surface area contributed by atoms with E-state index >= 15 is 0 Å². The average Bonchev–Trinajstić information content (AvgIpc) is 2.99. The van der Waals surface area contributed by atoms with Crippen LogP contribution in [-0.4, -0.2) is 20.2 Å². The summed E-state index contributed by atoms with van der Waals surface area (Å²) in [5.74, 6) is 0. The lowest BCUT2D eigenvalue weighted by molar-refractivity contribution is 0.227. The summed E-state index contributed by atoms with van der Waals surface area (Å²) < 4.78 is 30.9. The van der Waals surface area contributed by atoms with E-state index in [0.29, 0.717) is 0 Å². The SMILES string of the molecule is Cc1ccc(S(=O)(=O)[C@H]2N=CO[C@@H]2c2ccccc2)cc1. The largest absolute Gasteiger partial charge is 0.472 e. The van der Waals surface area contributed by atoms with Crippen molar-refractivity contribution in [2.75, 3.05) is 0 Å². The smallest absolute Gasteiger partial charge is 0.205 e. The molecule has 3 rings (SSSR count). The van der Waals surface area contributed by atoms with Crippen molar-refractivity contribution in [1.29, 1.82) is 0 Å². The van der Waals surface area contributed by atoms with Gasteiger partial charge < -0.3 is 4.74 Å². The highest BCUT2D eigenvalue weighted by Gasteiger charge is 2.39. The van der Waals surface area contributed by atoms with E-state index < -0.39 is 21.3 Å². The van der Waals surface area contributed by atoms with Crippen LogP contribution in [0, 0.1) is 6.92 Å². The van der Waals surface area contributed by atoms with Gasteiger partial charge in [-0.3, -0.25) is 0 Å². The Morgan fingerprint density at radius 2 is 1.67 bits per heavy atom. The minimum atomic E-state index is -3.58. The van der Waals surface area contributed by atoms with Gasteiger partial charge in [-0.15, -0.1) is 0 Å². The van der Waals surface area contributed by atoms with Crippen LogP contribution in [0.1, 0.15) is 17.2 Å². The molecule has 0 aliphatic carbocycles. The molecule has 1 heterocycles. The molecule has 2 aromatic carbocycles. The fourth-order valence-electron chi connectivity index (χ4n) is 2.30. The Balaban J connectivity index is 1.98. The van der Waals surface area contributed by atoms with Crippen LogP contribution >= 0.6 is 0 Å². The van der Waals surface area contributed by atoms with Gasteiger partial charge in [0.15, 0.2) is 17.9 Å². The summed E-state index contributed by atoms with van der Waals surface area (Å²) in [7, 11) is -3.58. The van der Waals surface area contributed by atoms with Crippen LogP contribution in [0.5, 0.6) is 0 Å². The van der Waals surface area contributed by atoms with Crippen molar-refractivity contribution in [1.82, 2.24) is 0 Å². The summed E-state index contributed by atoms with van der Waals surface area (Å²) in [6.45, 7) is 1.92. The van der Waals surface area contributed by atoms with E-state index in [0.717, 1.165) is 11.1 Å². The Morgan fingerprint density at radius 1 is 1.00 bits per heavy atom. The first-order chi connectivity index (χ1) is 10.1. The highest BCUT2D eigenvalue weighted by molar-refractivity contribution is 7.92. The predicted molar refractivity (Wildman–Crippen MR) is 80.9 cm³/mol. The van der Waals surface area contributed by atoms with Gasteiger partial charge in [-0.2, -0.15) is 0 Å². The zero-order valence-electron chi connectivity index (χ0n) is 11.5. The summed E-state index contributed by atoms with van der Waals surface area (Å²) in [6, 6.07) is 16.1. The molecule has 0 unspecified atom stereocenters. The minimum Gasteiger partial charge on any atom is -0.472 e. The normalized spacial score (nSPS) is 21.2. The number of sulfone groups is 1. The fourth-order valence-corrected chi connectivity index (χ4v) is 3.85. The van der Waals surface area contributed by atoms with Crippen LogP contribution in [0.2, 0.25) is 0 Å². The molecule has 0 spiro atoms. The average molecular weight is 301 g/mol. The van der Waals surface area contributed by atoms with E-state index in [1.165, 1.54) is 6.40 Å². The number of aryl methyl sites for hydroxylation is 1. The Labute approximate surface area is 124 Å². The molecule has 108 valence electrons. The van der Waals surface area contributed by atoms with E-state index in [1.807, 2.05) is 37.3 Å².